The maximum Gasteiger partial charge on any atom is 0.311 e. The zero-order valence-corrected chi connectivity index (χ0v) is 7.38. The van der Waals surface area contributed by atoms with Crippen LogP contribution in [0.15, 0.2) is 0 Å². The molecule has 2 N–H and O–H groups in total. The number of rotatable bonds is 1. The highest BCUT2D eigenvalue weighted by Crippen LogP contribution is 2.44. The van der Waals surface area contributed by atoms with Gasteiger partial charge in [0.15, 0.2) is 0 Å². The van der Waals surface area contributed by atoms with Crippen LogP contribution in [0.2, 0.25) is 0 Å². The molecule has 72 valence electrons. The molecule has 2 fully saturated rings. The van der Waals surface area contributed by atoms with Gasteiger partial charge in [-0.2, -0.15) is 0 Å². The lowest BCUT2D eigenvalue weighted by atomic mass is 9.76. The standard InChI is InChI=1S/C9H13NO3/c11-7-3-5-9(8(12)13)4-1-2-6(9)10-7/h6H,1-5H2,(H,10,11)(H,12,13). The van der Waals surface area contributed by atoms with Gasteiger partial charge in [-0.25, -0.2) is 0 Å². The van der Waals surface area contributed by atoms with Crippen molar-refractivity contribution in [1.29, 1.82) is 0 Å². The summed E-state index contributed by atoms with van der Waals surface area (Å²) in [4.78, 5) is 22.2. The lowest BCUT2D eigenvalue weighted by Gasteiger charge is -2.35. The van der Waals surface area contributed by atoms with Gasteiger partial charge in [0.2, 0.25) is 5.91 Å². The number of aliphatic carboxylic acids is 1. The summed E-state index contributed by atoms with van der Waals surface area (Å²) >= 11 is 0. The maximum absolute atomic E-state index is 11.1. The third-order valence-corrected chi connectivity index (χ3v) is 3.34. The summed E-state index contributed by atoms with van der Waals surface area (Å²) < 4.78 is 0. The normalized spacial score (nSPS) is 38.2. The molecule has 13 heavy (non-hydrogen) atoms. The van der Waals surface area contributed by atoms with Crippen LogP contribution in [0.1, 0.15) is 32.1 Å². The molecule has 0 radical (unpaired) electrons. The van der Waals surface area contributed by atoms with Crippen LogP contribution >= 0.6 is 0 Å². The van der Waals surface area contributed by atoms with E-state index in [-0.39, 0.29) is 11.9 Å². The van der Waals surface area contributed by atoms with Crippen molar-refractivity contribution in [3.05, 3.63) is 0 Å². The first-order valence-corrected chi connectivity index (χ1v) is 4.68. The molecule has 2 unspecified atom stereocenters. The van der Waals surface area contributed by atoms with E-state index < -0.39 is 11.4 Å². The summed E-state index contributed by atoms with van der Waals surface area (Å²) in [5, 5.41) is 11.9. The van der Waals surface area contributed by atoms with Crippen LogP contribution in [0.4, 0.5) is 0 Å². The van der Waals surface area contributed by atoms with Gasteiger partial charge in [-0.3, -0.25) is 9.59 Å². The second-order valence-electron chi connectivity index (χ2n) is 3.97. The van der Waals surface area contributed by atoms with Crippen LogP contribution in [0.25, 0.3) is 0 Å². The average Bonchev–Trinajstić information content (AvgIpc) is 2.48. The zero-order chi connectivity index (χ0) is 9.47. The minimum absolute atomic E-state index is 0.00350. The van der Waals surface area contributed by atoms with Crippen molar-refractivity contribution in [2.75, 3.05) is 0 Å². The van der Waals surface area contributed by atoms with Gasteiger partial charge < -0.3 is 10.4 Å². The Morgan fingerprint density at radius 2 is 2.31 bits per heavy atom. The first-order valence-electron chi connectivity index (χ1n) is 4.68. The number of carbonyl (C=O) groups is 2. The van der Waals surface area contributed by atoms with E-state index in [4.69, 9.17) is 5.11 Å². The van der Waals surface area contributed by atoms with Crippen LogP contribution in [-0.4, -0.2) is 23.0 Å². The molecule has 4 heteroatoms. The van der Waals surface area contributed by atoms with E-state index in [0.717, 1.165) is 12.8 Å². The summed E-state index contributed by atoms with van der Waals surface area (Å²) in [6.07, 6.45) is 3.32. The van der Waals surface area contributed by atoms with E-state index in [1.54, 1.807) is 0 Å². The van der Waals surface area contributed by atoms with Crippen molar-refractivity contribution in [3.63, 3.8) is 0 Å². The van der Waals surface area contributed by atoms with Crippen LogP contribution in [0.5, 0.6) is 0 Å². The zero-order valence-electron chi connectivity index (χ0n) is 7.38. The number of piperidine rings is 1. The number of amides is 1. The third kappa shape index (κ3) is 1.12. The van der Waals surface area contributed by atoms with Crippen LogP contribution in [-0.2, 0) is 9.59 Å². The smallest absolute Gasteiger partial charge is 0.311 e. The predicted molar refractivity (Wildman–Crippen MR) is 45.1 cm³/mol. The summed E-state index contributed by atoms with van der Waals surface area (Å²) in [6.45, 7) is 0. The van der Waals surface area contributed by atoms with E-state index >= 15 is 0 Å². The minimum atomic E-state index is -0.741. The van der Waals surface area contributed by atoms with Crippen molar-refractivity contribution in [3.8, 4) is 0 Å². The fraction of sp³-hybridized carbons (Fsp3) is 0.778. The van der Waals surface area contributed by atoms with Crippen molar-refractivity contribution >= 4 is 11.9 Å². The van der Waals surface area contributed by atoms with Crippen LogP contribution in [0, 0.1) is 5.41 Å². The molecule has 1 aliphatic carbocycles. The summed E-state index contributed by atoms with van der Waals surface area (Å²) in [6, 6.07) is -0.119. The first-order chi connectivity index (χ1) is 6.15. The lowest BCUT2D eigenvalue weighted by molar-refractivity contribution is -0.153. The Kier molecular flexibility index (Phi) is 1.78. The van der Waals surface area contributed by atoms with Crippen molar-refractivity contribution < 1.29 is 14.7 Å². The molecule has 0 bridgehead atoms. The number of hydrogen-bond donors (Lipinski definition) is 2. The Balaban J connectivity index is 2.25. The number of carboxylic acid groups (broad SMARTS) is 1. The van der Waals surface area contributed by atoms with Gasteiger partial charge >= 0.3 is 5.97 Å². The van der Waals surface area contributed by atoms with Crippen LogP contribution < -0.4 is 5.32 Å². The highest BCUT2D eigenvalue weighted by Gasteiger charge is 2.51. The summed E-state index contributed by atoms with van der Waals surface area (Å²) in [5.74, 6) is -0.737. The van der Waals surface area contributed by atoms with Gasteiger partial charge in [-0.1, -0.05) is 6.42 Å². The molecule has 1 heterocycles. The quantitative estimate of drug-likeness (QED) is 0.622. The molecule has 2 atom stereocenters. The van der Waals surface area contributed by atoms with E-state index in [1.807, 2.05) is 0 Å². The van der Waals surface area contributed by atoms with Gasteiger partial charge in [0, 0.05) is 12.5 Å². The molecule has 4 nitrogen and oxygen atoms in total. The van der Waals surface area contributed by atoms with E-state index in [9.17, 15) is 9.59 Å². The van der Waals surface area contributed by atoms with Gasteiger partial charge in [-0.05, 0) is 19.3 Å². The fourth-order valence-electron chi connectivity index (χ4n) is 2.55. The van der Waals surface area contributed by atoms with Crippen molar-refractivity contribution in [2.45, 2.75) is 38.1 Å². The highest BCUT2D eigenvalue weighted by molar-refractivity contribution is 5.83. The largest absolute Gasteiger partial charge is 0.481 e. The van der Waals surface area contributed by atoms with Crippen molar-refractivity contribution in [1.82, 2.24) is 5.32 Å². The Labute approximate surface area is 76.3 Å². The van der Waals surface area contributed by atoms with E-state index in [0.29, 0.717) is 19.3 Å². The molecular formula is C9H13NO3. The molecular weight excluding hydrogens is 170 g/mol. The van der Waals surface area contributed by atoms with Gasteiger partial charge in [-0.15, -0.1) is 0 Å². The molecule has 2 aliphatic rings. The van der Waals surface area contributed by atoms with E-state index in [1.165, 1.54) is 0 Å². The maximum atomic E-state index is 11.1. The van der Waals surface area contributed by atoms with Crippen LogP contribution in [0.3, 0.4) is 0 Å². The molecule has 1 amide bonds. The number of carbonyl (C=O) groups excluding carboxylic acids is 1. The Morgan fingerprint density at radius 3 is 3.00 bits per heavy atom. The molecule has 0 aromatic rings. The predicted octanol–water partition coefficient (Wildman–Crippen LogP) is 0.520. The molecule has 2 rings (SSSR count). The van der Waals surface area contributed by atoms with Gasteiger partial charge in [0.05, 0.1) is 5.41 Å². The third-order valence-electron chi connectivity index (χ3n) is 3.34. The SMILES string of the molecule is O=C1CCC2(C(=O)O)CCCC2N1. The monoisotopic (exact) mass is 183 g/mol. The topological polar surface area (TPSA) is 66.4 Å². The van der Waals surface area contributed by atoms with Gasteiger partial charge in [0.25, 0.3) is 0 Å². The molecule has 1 saturated carbocycles. The molecule has 1 aliphatic heterocycles. The minimum Gasteiger partial charge on any atom is -0.481 e. The first kappa shape index (κ1) is 8.53. The average molecular weight is 183 g/mol. The number of fused-ring (bicyclic) bond motifs is 1. The summed E-state index contributed by atoms with van der Waals surface area (Å²) in [7, 11) is 0. The second-order valence-corrected chi connectivity index (χ2v) is 3.97. The molecule has 1 saturated heterocycles. The summed E-state index contributed by atoms with van der Waals surface area (Å²) in [5.41, 5.74) is -0.645. The fourth-order valence-corrected chi connectivity index (χ4v) is 2.55. The Morgan fingerprint density at radius 1 is 1.54 bits per heavy atom. The van der Waals surface area contributed by atoms with Crippen molar-refractivity contribution in [2.24, 2.45) is 5.41 Å². The van der Waals surface area contributed by atoms with Gasteiger partial charge in [0.1, 0.15) is 0 Å². The number of nitrogens with one attached hydrogen (secondary N) is 1. The Bertz CT molecular complexity index is 264. The highest BCUT2D eigenvalue weighted by atomic mass is 16.4. The number of carboxylic acids is 1. The van der Waals surface area contributed by atoms with E-state index in [2.05, 4.69) is 5.32 Å². The second kappa shape index (κ2) is 2.72. The molecule has 0 spiro atoms. The number of hydrogen-bond acceptors (Lipinski definition) is 2. The Hall–Kier alpha value is -1.06. The molecule has 0 aromatic heterocycles. The molecule has 0 aromatic carbocycles. The lowest BCUT2D eigenvalue weighted by Crippen LogP contribution is -2.53.